The largest absolute Gasteiger partial charge is 0.393 e. The second-order valence-corrected chi connectivity index (χ2v) is 9.45. The summed E-state index contributed by atoms with van der Waals surface area (Å²) < 4.78 is 28.2. The summed E-state index contributed by atoms with van der Waals surface area (Å²) in [5, 5.41) is 9.63. The smallest absolute Gasteiger partial charge is 0.240 e. The maximum atomic E-state index is 12.7. The average molecular weight is 400 g/mol. The molecule has 0 saturated heterocycles. The summed E-state index contributed by atoms with van der Waals surface area (Å²) in [5.41, 5.74) is 12.1. The van der Waals surface area contributed by atoms with E-state index in [4.69, 9.17) is 5.73 Å². The lowest BCUT2D eigenvalue weighted by molar-refractivity contribution is 0.181. The molecule has 2 aromatic carbocycles. The normalized spacial score (nSPS) is 21.6. The monoisotopic (exact) mass is 399 g/mol. The third kappa shape index (κ3) is 3.34. The molecule has 28 heavy (non-hydrogen) atoms. The van der Waals surface area contributed by atoms with E-state index < -0.39 is 16.1 Å². The average Bonchev–Trinajstić information content (AvgIpc) is 3.21. The predicted molar refractivity (Wildman–Crippen MR) is 110 cm³/mol. The Morgan fingerprint density at radius 2 is 1.89 bits per heavy atom. The van der Waals surface area contributed by atoms with Gasteiger partial charge in [-0.25, -0.2) is 13.1 Å². The number of nitrogens with one attached hydrogen (secondary N) is 1. The van der Waals surface area contributed by atoms with E-state index in [1.54, 1.807) is 12.1 Å². The van der Waals surface area contributed by atoms with Gasteiger partial charge in [-0.2, -0.15) is 0 Å². The molecule has 0 aromatic heterocycles. The molecule has 1 aliphatic carbocycles. The Labute approximate surface area is 165 Å². The Bertz CT molecular complexity index is 1080. The van der Waals surface area contributed by atoms with Crippen molar-refractivity contribution in [2.24, 2.45) is 10.7 Å². The van der Waals surface area contributed by atoms with E-state index in [-0.39, 0.29) is 10.9 Å². The first-order valence-electron chi connectivity index (χ1n) is 9.50. The van der Waals surface area contributed by atoms with Crippen molar-refractivity contribution in [3.8, 4) is 11.1 Å². The molecule has 1 heterocycles. The Morgan fingerprint density at radius 3 is 2.57 bits per heavy atom. The summed E-state index contributed by atoms with van der Waals surface area (Å²) in [7, 11) is -3.62. The Kier molecular flexibility index (Phi) is 4.77. The highest BCUT2D eigenvalue weighted by molar-refractivity contribution is 7.89. The van der Waals surface area contributed by atoms with Crippen LogP contribution in [0.3, 0.4) is 0 Å². The molecule has 0 radical (unpaired) electrons. The summed E-state index contributed by atoms with van der Waals surface area (Å²) in [5.74, 6) is 0.564. The van der Waals surface area contributed by atoms with Crippen LogP contribution in [0.4, 0.5) is 0 Å². The van der Waals surface area contributed by atoms with Crippen LogP contribution in [0.15, 0.2) is 40.2 Å². The minimum absolute atomic E-state index is 0.207. The number of amidine groups is 1. The lowest BCUT2D eigenvalue weighted by atomic mass is 9.91. The minimum Gasteiger partial charge on any atom is -0.393 e. The first-order chi connectivity index (χ1) is 13.3. The van der Waals surface area contributed by atoms with Gasteiger partial charge in [0.05, 0.1) is 17.5 Å². The number of fused-ring (bicyclic) bond motifs is 1. The number of benzene rings is 2. The van der Waals surface area contributed by atoms with E-state index in [0.29, 0.717) is 31.6 Å². The first-order valence-corrected chi connectivity index (χ1v) is 11.0. The molecule has 0 unspecified atom stereocenters. The number of aryl methyl sites for hydroxylation is 1. The number of nitrogens with two attached hydrogens (primary N) is 1. The molecule has 0 amide bonds. The van der Waals surface area contributed by atoms with Crippen molar-refractivity contribution in [2.45, 2.75) is 56.7 Å². The van der Waals surface area contributed by atoms with E-state index in [9.17, 15) is 13.5 Å². The highest BCUT2D eigenvalue weighted by Gasteiger charge is 2.28. The topological polar surface area (TPSA) is 105 Å². The van der Waals surface area contributed by atoms with Crippen molar-refractivity contribution in [1.82, 2.24) is 4.72 Å². The summed E-state index contributed by atoms with van der Waals surface area (Å²) >= 11 is 0. The molecule has 0 bridgehead atoms. The second-order valence-electron chi connectivity index (χ2n) is 7.74. The molecule has 1 fully saturated rings. The predicted octanol–water partition coefficient (Wildman–Crippen LogP) is 2.38. The molecule has 4 rings (SSSR count). The van der Waals surface area contributed by atoms with Crippen LogP contribution in [0.2, 0.25) is 0 Å². The molecule has 6 nitrogen and oxygen atoms in total. The van der Waals surface area contributed by atoms with Crippen LogP contribution < -0.4 is 10.5 Å². The summed E-state index contributed by atoms with van der Waals surface area (Å²) in [6, 6.07) is 9.08. The van der Waals surface area contributed by atoms with E-state index in [0.717, 1.165) is 33.4 Å². The van der Waals surface area contributed by atoms with E-state index in [1.807, 2.05) is 26.0 Å². The fraction of sp³-hybridized carbons (Fsp3) is 0.381. The highest BCUT2D eigenvalue weighted by atomic mass is 32.2. The molecular weight excluding hydrogens is 374 g/mol. The van der Waals surface area contributed by atoms with Gasteiger partial charge in [-0.3, -0.25) is 4.99 Å². The number of nitrogens with zero attached hydrogens (tertiary/aromatic N) is 1. The van der Waals surface area contributed by atoms with Crippen LogP contribution in [0.1, 0.15) is 41.5 Å². The Morgan fingerprint density at radius 1 is 1.14 bits per heavy atom. The lowest BCUT2D eigenvalue weighted by Crippen LogP contribution is -2.33. The number of sulfonamides is 1. The third-order valence-corrected chi connectivity index (χ3v) is 7.27. The molecule has 148 valence electrons. The quantitative estimate of drug-likeness (QED) is 0.734. The van der Waals surface area contributed by atoms with E-state index >= 15 is 0 Å². The SMILES string of the molecule is Cc1cc(S(=O)(=O)N[C@@H]2CC[C@H](O)C2)ccc1-c1ccc2c(c1C)C(N)=NC2. The van der Waals surface area contributed by atoms with Crippen molar-refractivity contribution < 1.29 is 13.5 Å². The van der Waals surface area contributed by atoms with Crippen molar-refractivity contribution in [3.63, 3.8) is 0 Å². The molecule has 7 heteroatoms. The first kappa shape index (κ1) is 19.1. The minimum atomic E-state index is -3.62. The van der Waals surface area contributed by atoms with Crippen LogP contribution in [0.5, 0.6) is 0 Å². The van der Waals surface area contributed by atoms with Gasteiger partial charge in [-0.05, 0) is 73.1 Å². The van der Waals surface area contributed by atoms with Crippen LogP contribution in [0.25, 0.3) is 11.1 Å². The van der Waals surface area contributed by atoms with Gasteiger partial charge in [0, 0.05) is 11.6 Å². The maximum Gasteiger partial charge on any atom is 0.240 e. The van der Waals surface area contributed by atoms with Crippen molar-refractivity contribution >= 4 is 15.9 Å². The fourth-order valence-corrected chi connectivity index (χ4v) is 5.62. The zero-order chi connectivity index (χ0) is 20.1. The standard InChI is InChI=1S/C21H25N3O3S/c1-12-9-17(28(26,27)24-15-4-5-16(25)10-15)6-8-18(12)19-7-3-14-11-23-21(22)20(14)13(19)2/h3,6-9,15-16,24-25H,4-5,10-11H2,1-2H3,(H2,22,23)/t15-,16+/m1/s1. The van der Waals surface area contributed by atoms with Crippen molar-refractivity contribution in [2.75, 3.05) is 0 Å². The third-order valence-electron chi connectivity index (χ3n) is 5.75. The number of hydrogen-bond donors (Lipinski definition) is 3. The maximum absolute atomic E-state index is 12.7. The van der Waals surface area contributed by atoms with Gasteiger partial charge in [-0.1, -0.05) is 18.2 Å². The fourth-order valence-electron chi connectivity index (χ4n) is 4.26. The number of aliphatic imine (C=N–C) groups is 1. The van der Waals surface area contributed by atoms with Gasteiger partial charge in [0.25, 0.3) is 0 Å². The summed E-state index contributed by atoms with van der Waals surface area (Å²) in [4.78, 5) is 4.56. The number of hydrogen-bond acceptors (Lipinski definition) is 5. The van der Waals surface area contributed by atoms with Crippen LogP contribution in [-0.4, -0.2) is 31.5 Å². The molecule has 2 atom stereocenters. The van der Waals surface area contributed by atoms with Crippen LogP contribution in [0, 0.1) is 13.8 Å². The molecular formula is C21H25N3O3S. The zero-order valence-electron chi connectivity index (χ0n) is 16.1. The highest BCUT2D eigenvalue weighted by Crippen LogP contribution is 2.33. The van der Waals surface area contributed by atoms with Crippen molar-refractivity contribution in [3.05, 3.63) is 52.6 Å². The van der Waals surface area contributed by atoms with Crippen molar-refractivity contribution in [1.29, 1.82) is 0 Å². The molecule has 1 saturated carbocycles. The van der Waals surface area contributed by atoms with Gasteiger partial charge in [0.15, 0.2) is 0 Å². The Balaban J connectivity index is 1.66. The van der Waals surface area contributed by atoms with E-state index in [1.165, 1.54) is 0 Å². The molecule has 2 aliphatic rings. The number of aliphatic hydroxyl groups excluding tert-OH is 1. The molecule has 2 aromatic rings. The van der Waals surface area contributed by atoms with Crippen LogP contribution in [-0.2, 0) is 16.6 Å². The molecule has 4 N–H and O–H groups in total. The molecule has 0 spiro atoms. The van der Waals surface area contributed by atoms with Crippen LogP contribution >= 0.6 is 0 Å². The lowest BCUT2D eigenvalue weighted by Gasteiger charge is -2.16. The van der Waals surface area contributed by atoms with Gasteiger partial charge >= 0.3 is 0 Å². The zero-order valence-corrected chi connectivity index (χ0v) is 16.9. The summed E-state index contributed by atoms with van der Waals surface area (Å²) in [6.45, 7) is 4.55. The number of rotatable bonds is 4. The van der Waals surface area contributed by atoms with Gasteiger partial charge < -0.3 is 10.8 Å². The molecule has 1 aliphatic heterocycles. The van der Waals surface area contributed by atoms with Gasteiger partial charge in [0.2, 0.25) is 10.0 Å². The second kappa shape index (κ2) is 6.99. The summed E-state index contributed by atoms with van der Waals surface area (Å²) in [6.07, 6.45) is 1.34. The number of aliphatic hydroxyl groups is 1. The Hall–Kier alpha value is -2.22. The van der Waals surface area contributed by atoms with Gasteiger partial charge in [0.1, 0.15) is 5.84 Å². The van der Waals surface area contributed by atoms with Gasteiger partial charge in [-0.15, -0.1) is 0 Å². The van der Waals surface area contributed by atoms with E-state index in [2.05, 4.69) is 15.8 Å².